The number of benzene rings is 1. The maximum absolute atomic E-state index is 12.3. The number of ether oxygens (including phenoxy) is 2. The van der Waals surface area contributed by atoms with Gasteiger partial charge >= 0.3 is 5.97 Å². The summed E-state index contributed by atoms with van der Waals surface area (Å²) in [4.78, 5) is 26.2. The second-order valence-corrected chi connectivity index (χ2v) is 6.49. The summed E-state index contributed by atoms with van der Waals surface area (Å²) in [6.45, 7) is 0.446. The fraction of sp³-hybridized carbons (Fsp3) is 0.474. The Morgan fingerprint density at radius 2 is 2.19 bits per heavy atom. The molecule has 1 fully saturated rings. The van der Waals surface area contributed by atoms with Crippen molar-refractivity contribution in [2.45, 2.75) is 37.8 Å². The number of aryl methyl sites for hydroxylation is 1. The number of carbonyl (C=O) groups excluding carboxylic acids is 1. The fourth-order valence-corrected chi connectivity index (χ4v) is 3.28. The van der Waals surface area contributed by atoms with Gasteiger partial charge in [0.05, 0.1) is 12.6 Å². The molecule has 0 aliphatic carbocycles. The molecular weight excluding hydrogens is 336 g/mol. The zero-order valence-corrected chi connectivity index (χ0v) is 14.6. The van der Waals surface area contributed by atoms with Gasteiger partial charge in [0.15, 0.2) is 0 Å². The van der Waals surface area contributed by atoms with Crippen molar-refractivity contribution in [2.24, 2.45) is 0 Å². The number of aromatic nitrogens is 1. The average Bonchev–Trinajstić information content (AvgIpc) is 3.04. The van der Waals surface area contributed by atoms with Gasteiger partial charge in [0.2, 0.25) is 5.91 Å². The number of fused-ring (bicyclic) bond motifs is 1. The van der Waals surface area contributed by atoms with Crippen LogP contribution in [0.2, 0.25) is 0 Å². The topological polar surface area (TPSA) is 101 Å². The zero-order chi connectivity index (χ0) is 18.4. The van der Waals surface area contributed by atoms with Crippen molar-refractivity contribution in [1.82, 2.24) is 10.3 Å². The van der Waals surface area contributed by atoms with Gasteiger partial charge in [0, 0.05) is 30.1 Å². The molecule has 3 N–H and O–H groups in total. The van der Waals surface area contributed by atoms with Crippen LogP contribution in [0.3, 0.4) is 0 Å². The lowest BCUT2D eigenvalue weighted by Gasteiger charge is -2.31. The van der Waals surface area contributed by atoms with E-state index < -0.39 is 12.1 Å². The Balaban J connectivity index is 1.46. The molecule has 1 aliphatic heterocycles. The summed E-state index contributed by atoms with van der Waals surface area (Å²) >= 11 is 0. The third-order valence-electron chi connectivity index (χ3n) is 4.60. The Morgan fingerprint density at radius 3 is 3.04 bits per heavy atom. The summed E-state index contributed by atoms with van der Waals surface area (Å²) in [5, 5.41) is 12.9. The minimum absolute atomic E-state index is 0.0410. The molecule has 0 spiro atoms. The molecule has 2 aromatic rings. The van der Waals surface area contributed by atoms with E-state index in [0.717, 1.165) is 18.4 Å². The van der Waals surface area contributed by atoms with E-state index in [1.807, 2.05) is 24.4 Å². The van der Waals surface area contributed by atoms with Crippen molar-refractivity contribution >= 4 is 22.8 Å². The molecule has 1 aromatic heterocycles. The molecule has 2 atom stereocenters. The molecule has 1 aliphatic rings. The smallest absolute Gasteiger partial charge is 0.329 e. The molecular formula is C19H24N2O5. The molecule has 1 aromatic carbocycles. The highest BCUT2D eigenvalue weighted by Gasteiger charge is 2.28. The maximum Gasteiger partial charge on any atom is 0.329 e. The summed E-state index contributed by atoms with van der Waals surface area (Å²) in [6, 6.07) is 7.91. The second kappa shape index (κ2) is 8.82. The molecule has 1 amide bonds. The van der Waals surface area contributed by atoms with Crippen molar-refractivity contribution < 1.29 is 24.2 Å². The van der Waals surface area contributed by atoms with E-state index in [1.165, 1.54) is 10.9 Å². The molecule has 26 heavy (non-hydrogen) atoms. The first-order valence-electron chi connectivity index (χ1n) is 8.89. The predicted octanol–water partition coefficient (Wildman–Crippen LogP) is 1.87. The molecule has 7 heteroatoms. The molecule has 0 saturated carbocycles. The summed E-state index contributed by atoms with van der Waals surface area (Å²) in [5.41, 5.74) is 2.31. The van der Waals surface area contributed by atoms with Gasteiger partial charge < -0.3 is 24.9 Å². The third-order valence-corrected chi connectivity index (χ3v) is 4.60. The molecule has 7 nitrogen and oxygen atoms in total. The molecule has 3 rings (SSSR count). The van der Waals surface area contributed by atoms with E-state index in [4.69, 9.17) is 14.6 Å². The quantitative estimate of drug-likeness (QED) is 0.667. The van der Waals surface area contributed by atoms with E-state index in [-0.39, 0.29) is 18.6 Å². The van der Waals surface area contributed by atoms with E-state index >= 15 is 0 Å². The van der Waals surface area contributed by atoms with Crippen molar-refractivity contribution in [1.29, 1.82) is 0 Å². The van der Waals surface area contributed by atoms with E-state index in [9.17, 15) is 9.59 Å². The molecule has 140 valence electrons. The van der Waals surface area contributed by atoms with Crippen LogP contribution in [0.15, 0.2) is 30.5 Å². The first-order chi connectivity index (χ1) is 12.6. The van der Waals surface area contributed by atoms with Gasteiger partial charge in [-0.2, -0.15) is 0 Å². The summed E-state index contributed by atoms with van der Waals surface area (Å²) < 4.78 is 10.7. The van der Waals surface area contributed by atoms with Gasteiger partial charge in [-0.3, -0.25) is 4.79 Å². The van der Waals surface area contributed by atoms with Crippen molar-refractivity contribution in [3.05, 3.63) is 36.0 Å². The van der Waals surface area contributed by atoms with Gasteiger partial charge in [-0.15, -0.1) is 0 Å². The fourth-order valence-electron chi connectivity index (χ4n) is 3.28. The molecule has 0 radical (unpaired) electrons. The zero-order valence-electron chi connectivity index (χ0n) is 14.6. The van der Waals surface area contributed by atoms with Gasteiger partial charge in [0.25, 0.3) is 0 Å². The first-order valence-corrected chi connectivity index (χ1v) is 8.89. The lowest BCUT2D eigenvalue weighted by molar-refractivity contribution is -0.149. The Hall–Kier alpha value is -2.38. The van der Waals surface area contributed by atoms with E-state index in [2.05, 4.69) is 16.4 Å². The van der Waals surface area contributed by atoms with Gasteiger partial charge in [-0.1, -0.05) is 18.2 Å². The minimum Gasteiger partial charge on any atom is -0.480 e. The molecule has 0 bridgehead atoms. The van der Waals surface area contributed by atoms with Crippen LogP contribution in [0.4, 0.5) is 0 Å². The van der Waals surface area contributed by atoms with E-state index in [0.29, 0.717) is 26.1 Å². The Morgan fingerprint density at radius 1 is 1.35 bits per heavy atom. The second-order valence-electron chi connectivity index (χ2n) is 6.49. The highest BCUT2D eigenvalue weighted by Crippen LogP contribution is 2.19. The molecule has 1 saturated heterocycles. The first kappa shape index (κ1) is 18.4. The van der Waals surface area contributed by atoms with Crippen LogP contribution in [-0.2, 0) is 25.5 Å². The summed E-state index contributed by atoms with van der Waals surface area (Å²) in [7, 11) is 0. The van der Waals surface area contributed by atoms with Crippen LogP contribution in [0.5, 0.6) is 0 Å². The lowest BCUT2D eigenvalue weighted by atomic mass is 10.0. The number of nitrogens with one attached hydrogen (secondary N) is 2. The number of carboxylic acid groups (broad SMARTS) is 1. The number of aliphatic carboxylic acids is 1. The number of amides is 1. The van der Waals surface area contributed by atoms with Crippen LogP contribution in [0.1, 0.15) is 24.8 Å². The van der Waals surface area contributed by atoms with Gasteiger partial charge in [-0.25, -0.2) is 4.79 Å². The monoisotopic (exact) mass is 360 g/mol. The van der Waals surface area contributed by atoms with E-state index in [1.54, 1.807) is 0 Å². The number of hydrogen-bond acceptors (Lipinski definition) is 4. The van der Waals surface area contributed by atoms with Crippen molar-refractivity contribution in [2.75, 3.05) is 19.8 Å². The normalized spacial score (nSPS) is 20.2. The highest BCUT2D eigenvalue weighted by atomic mass is 16.5. The Labute approximate surface area is 151 Å². The summed E-state index contributed by atoms with van der Waals surface area (Å²) in [6.07, 6.45) is 4.19. The van der Waals surface area contributed by atoms with Crippen LogP contribution in [0.25, 0.3) is 10.9 Å². The predicted molar refractivity (Wildman–Crippen MR) is 96.0 cm³/mol. The summed E-state index contributed by atoms with van der Waals surface area (Å²) in [5.74, 6) is -1.07. The van der Waals surface area contributed by atoms with Gasteiger partial charge in [0.1, 0.15) is 12.7 Å². The number of para-hydroxylation sites is 1. The van der Waals surface area contributed by atoms with Gasteiger partial charge in [-0.05, 0) is 30.9 Å². The number of hydrogen-bond donors (Lipinski definition) is 3. The Kier molecular flexibility index (Phi) is 6.25. The third kappa shape index (κ3) is 4.83. The number of carbonyl (C=O) groups is 2. The number of H-pyrrole nitrogens is 1. The van der Waals surface area contributed by atoms with Crippen LogP contribution in [0, 0.1) is 0 Å². The van der Waals surface area contributed by atoms with Crippen LogP contribution >= 0.6 is 0 Å². The average molecular weight is 360 g/mol. The minimum atomic E-state index is -1.03. The Bertz CT molecular complexity index is 757. The number of carboxylic acids is 1. The van der Waals surface area contributed by atoms with Crippen molar-refractivity contribution in [3.8, 4) is 0 Å². The highest BCUT2D eigenvalue weighted by molar-refractivity contribution is 5.83. The largest absolute Gasteiger partial charge is 0.480 e. The number of rotatable bonds is 8. The lowest BCUT2D eigenvalue weighted by Crippen LogP contribution is -2.50. The molecule has 0 unspecified atom stereocenters. The SMILES string of the molecule is O=C(O)CO[C@@H]1COCC[C@H]1NC(=O)CCCc1c[nH]c2ccccc12. The maximum atomic E-state index is 12.3. The number of aromatic amines is 1. The standard InChI is InChI=1S/C19H24N2O5/c22-18(21-16-8-9-25-11-17(16)26-12-19(23)24)7-3-4-13-10-20-15-6-2-1-5-14(13)15/h1-2,5-6,10,16-17,20H,3-4,7-9,11-12H2,(H,21,22)(H,23,24)/t16-,17-/m1/s1. The van der Waals surface area contributed by atoms with Crippen LogP contribution in [-0.4, -0.2) is 53.9 Å². The molecule has 2 heterocycles. The van der Waals surface area contributed by atoms with Crippen LogP contribution < -0.4 is 5.32 Å². The van der Waals surface area contributed by atoms with Crippen molar-refractivity contribution in [3.63, 3.8) is 0 Å².